The average molecular weight is 240 g/mol. The second kappa shape index (κ2) is 3.81. The van der Waals surface area contributed by atoms with E-state index >= 15 is 0 Å². The van der Waals surface area contributed by atoms with Crippen LogP contribution >= 0.6 is 11.6 Å². The van der Waals surface area contributed by atoms with Crippen LogP contribution in [0.3, 0.4) is 0 Å². The lowest BCUT2D eigenvalue weighted by Gasteiger charge is -2.13. The number of aliphatic imine (C=N–C) groups is 1. The predicted molar refractivity (Wildman–Crippen MR) is 58.7 cm³/mol. The van der Waals surface area contributed by atoms with Crippen molar-refractivity contribution in [2.75, 3.05) is 7.11 Å². The number of ether oxygens (including phenoxy) is 1. The quantitative estimate of drug-likeness (QED) is 0.651. The Bertz CT molecular complexity index is 476. The molecular formula is C11H10ClNO3. The number of benzene rings is 1. The van der Waals surface area contributed by atoms with Gasteiger partial charge in [0.1, 0.15) is 0 Å². The Kier molecular flexibility index (Phi) is 2.62. The molecule has 1 aliphatic carbocycles. The molecule has 5 heteroatoms. The molecule has 1 aromatic carbocycles. The van der Waals surface area contributed by atoms with Gasteiger partial charge in [-0.1, -0.05) is 11.6 Å². The molecule has 2 rings (SSSR count). The summed E-state index contributed by atoms with van der Waals surface area (Å²) in [4.78, 5) is 14.1. The molecule has 1 aliphatic rings. The summed E-state index contributed by atoms with van der Waals surface area (Å²) >= 11 is 6.06. The van der Waals surface area contributed by atoms with Gasteiger partial charge in [0.2, 0.25) is 6.08 Å². The lowest BCUT2D eigenvalue weighted by molar-refractivity contribution is 0.372. The van der Waals surface area contributed by atoms with E-state index in [0.717, 1.165) is 12.8 Å². The summed E-state index contributed by atoms with van der Waals surface area (Å²) in [6, 6.07) is 3.02. The Labute approximate surface area is 97.5 Å². The number of isocyanates is 1. The second-order valence-electron chi connectivity index (χ2n) is 3.74. The minimum atomic E-state index is -0.581. The van der Waals surface area contributed by atoms with Crippen LogP contribution in [0.25, 0.3) is 0 Å². The third-order valence-corrected chi connectivity index (χ3v) is 3.07. The molecule has 1 saturated carbocycles. The highest BCUT2D eigenvalue weighted by molar-refractivity contribution is 6.31. The molecule has 0 amide bonds. The van der Waals surface area contributed by atoms with Crippen LogP contribution in [0.1, 0.15) is 18.4 Å². The third-order valence-electron chi connectivity index (χ3n) is 2.75. The van der Waals surface area contributed by atoms with Crippen LogP contribution in [-0.2, 0) is 10.3 Å². The summed E-state index contributed by atoms with van der Waals surface area (Å²) in [6.07, 6.45) is 3.04. The first-order chi connectivity index (χ1) is 7.63. The number of hydrogen-bond donors (Lipinski definition) is 1. The third kappa shape index (κ3) is 1.66. The van der Waals surface area contributed by atoms with Crippen LogP contribution in [0.2, 0.25) is 5.02 Å². The number of phenolic OH excluding ortho intramolecular Hbond substituents is 1. The number of halogens is 1. The molecule has 0 aliphatic heterocycles. The van der Waals surface area contributed by atoms with Crippen molar-refractivity contribution >= 4 is 17.7 Å². The van der Waals surface area contributed by atoms with Gasteiger partial charge in [-0.25, -0.2) is 4.79 Å². The van der Waals surface area contributed by atoms with Crippen molar-refractivity contribution in [3.8, 4) is 11.5 Å². The largest absolute Gasteiger partial charge is 0.504 e. The first kappa shape index (κ1) is 11.0. The minimum absolute atomic E-state index is 0.00530. The SMILES string of the molecule is COc1cc(Cl)c(C2(N=C=O)CC2)cc1O. The summed E-state index contributed by atoms with van der Waals surface area (Å²) in [5.74, 6) is 0.300. The molecule has 1 N–H and O–H groups in total. The van der Waals surface area contributed by atoms with E-state index < -0.39 is 5.54 Å². The van der Waals surface area contributed by atoms with Crippen LogP contribution in [0.4, 0.5) is 0 Å². The van der Waals surface area contributed by atoms with Gasteiger partial charge in [-0.3, -0.25) is 0 Å². The van der Waals surface area contributed by atoms with Crippen LogP contribution in [0.15, 0.2) is 17.1 Å². The highest BCUT2D eigenvalue weighted by atomic mass is 35.5. The van der Waals surface area contributed by atoms with Crippen LogP contribution in [0, 0.1) is 0 Å². The van der Waals surface area contributed by atoms with Gasteiger partial charge in [-0.15, -0.1) is 0 Å². The van der Waals surface area contributed by atoms with E-state index in [-0.39, 0.29) is 5.75 Å². The zero-order valence-corrected chi connectivity index (χ0v) is 9.41. The van der Waals surface area contributed by atoms with Gasteiger partial charge in [-0.05, 0) is 18.9 Å². The van der Waals surface area contributed by atoms with Crippen molar-refractivity contribution in [2.45, 2.75) is 18.4 Å². The van der Waals surface area contributed by atoms with Crippen molar-refractivity contribution in [1.29, 1.82) is 0 Å². The maximum atomic E-state index is 10.3. The summed E-state index contributed by atoms with van der Waals surface area (Å²) in [7, 11) is 1.45. The molecule has 0 radical (unpaired) electrons. The van der Waals surface area contributed by atoms with Crippen molar-refractivity contribution in [1.82, 2.24) is 0 Å². The van der Waals surface area contributed by atoms with Gasteiger partial charge in [0.05, 0.1) is 17.7 Å². The molecule has 0 spiro atoms. The van der Waals surface area contributed by atoms with Gasteiger partial charge in [0.15, 0.2) is 11.5 Å². The van der Waals surface area contributed by atoms with E-state index in [4.69, 9.17) is 16.3 Å². The number of carbonyl (C=O) groups excluding carboxylic acids is 1. The van der Waals surface area contributed by atoms with E-state index in [0.29, 0.717) is 16.3 Å². The normalized spacial score (nSPS) is 16.4. The Morgan fingerprint density at radius 3 is 2.75 bits per heavy atom. The summed E-state index contributed by atoms with van der Waals surface area (Å²) < 4.78 is 4.93. The molecule has 0 aromatic heterocycles. The molecule has 16 heavy (non-hydrogen) atoms. The van der Waals surface area contributed by atoms with Crippen molar-refractivity contribution in [2.24, 2.45) is 4.99 Å². The van der Waals surface area contributed by atoms with E-state index in [2.05, 4.69) is 4.99 Å². The number of phenols is 1. The van der Waals surface area contributed by atoms with Gasteiger partial charge in [-0.2, -0.15) is 4.99 Å². The fourth-order valence-electron chi connectivity index (χ4n) is 1.71. The van der Waals surface area contributed by atoms with Crippen molar-refractivity contribution in [3.63, 3.8) is 0 Å². The average Bonchev–Trinajstić information content (AvgIpc) is 3.02. The van der Waals surface area contributed by atoms with Gasteiger partial charge in [0.25, 0.3) is 0 Å². The fraction of sp³-hybridized carbons (Fsp3) is 0.364. The van der Waals surface area contributed by atoms with Crippen molar-refractivity contribution < 1.29 is 14.6 Å². The molecular weight excluding hydrogens is 230 g/mol. The summed E-state index contributed by atoms with van der Waals surface area (Å²) in [5, 5.41) is 10.1. The molecule has 0 atom stereocenters. The van der Waals surface area contributed by atoms with Gasteiger partial charge in [0, 0.05) is 11.6 Å². The van der Waals surface area contributed by atoms with Gasteiger partial charge >= 0.3 is 0 Å². The van der Waals surface area contributed by atoms with Crippen LogP contribution in [0.5, 0.6) is 11.5 Å². The Morgan fingerprint density at radius 2 is 2.25 bits per heavy atom. The first-order valence-electron chi connectivity index (χ1n) is 4.79. The number of methoxy groups -OCH3 is 1. The van der Waals surface area contributed by atoms with Gasteiger partial charge < -0.3 is 9.84 Å². The van der Waals surface area contributed by atoms with Crippen LogP contribution < -0.4 is 4.74 Å². The number of nitrogens with zero attached hydrogens (tertiary/aromatic N) is 1. The Balaban J connectivity index is 2.50. The minimum Gasteiger partial charge on any atom is -0.504 e. The standard InChI is InChI=1S/C11H10ClNO3/c1-16-10-5-8(12)7(4-9(10)15)11(2-3-11)13-6-14/h4-5,15H,2-3H2,1H3. The second-order valence-corrected chi connectivity index (χ2v) is 4.15. The monoisotopic (exact) mass is 239 g/mol. The van der Waals surface area contributed by atoms with Crippen molar-refractivity contribution in [3.05, 3.63) is 22.7 Å². The molecule has 84 valence electrons. The number of rotatable bonds is 3. The number of hydrogen-bond acceptors (Lipinski definition) is 4. The van der Waals surface area contributed by atoms with E-state index in [9.17, 15) is 9.90 Å². The topological polar surface area (TPSA) is 58.9 Å². The van der Waals surface area contributed by atoms with Crippen LogP contribution in [-0.4, -0.2) is 18.3 Å². The molecule has 0 unspecified atom stereocenters. The first-order valence-corrected chi connectivity index (χ1v) is 5.17. The van der Waals surface area contributed by atoms with E-state index in [1.54, 1.807) is 6.08 Å². The Morgan fingerprint density at radius 1 is 1.56 bits per heavy atom. The molecule has 0 bridgehead atoms. The molecule has 0 saturated heterocycles. The number of aromatic hydroxyl groups is 1. The lowest BCUT2D eigenvalue weighted by Crippen LogP contribution is -2.03. The highest BCUT2D eigenvalue weighted by Gasteiger charge is 2.46. The summed E-state index contributed by atoms with van der Waals surface area (Å²) in [5.41, 5.74) is 0.0681. The maximum absolute atomic E-state index is 10.3. The summed E-state index contributed by atoms with van der Waals surface area (Å²) in [6.45, 7) is 0. The predicted octanol–water partition coefficient (Wildman–Crippen LogP) is 2.38. The Hall–Kier alpha value is -1.51. The zero-order chi connectivity index (χ0) is 11.8. The van der Waals surface area contributed by atoms with E-state index in [1.165, 1.54) is 19.2 Å². The lowest BCUT2D eigenvalue weighted by atomic mass is 10.0. The molecule has 4 nitrogen and oxygen atoms in total. The molecule has 1 aromatic rings. The molecule has 1 fully saturated rings. The zero-order valence-electron chi connectivity index (χ0n) is 8.66. The highest BCUT2D eigenvalue weighted by Crippen LogP contribution is 2.53. The fourth-order valence-corrected chi connectivity index (χ4v) is 2.04. The smallest absolute Gasteiger partial charge is 0.235 e. The maximum Gasteiger partial charge on any atom is 0.235 e. The van der Waals surface area contributed by atoms with E-state index in [1.807, 2.05) is 0 Å². The molecule has 0 heterocycles.